The molecule has 4 heterocycles. The summed E-state index contributed by atoms with van der Waals surface area (Å²) >= 11 is 0. The van der Waals surface area contributed by atoms with Crippen LogP contribution < -0.4 is 4.74 Å². The minimum Gasteiger partial charge on any atom is -0.481 e. The Morgan fingerprint density at radius 2 is 1.36 bits per heavy atom. The van der Waals surface area contributed by atoms with Gasteiger partial charge in [0.05, 0.1) is 17.1 Å². The maximum Gasteiger partial charge on any atom is 0.167 e. The Bertz CT molecular complexity index is 2520. The summed E-state index contributed by atoms with van der Waals surface area (Å²) in [6, 6.07) is 43.1. The van der Waals surface area contributed by atoms with Crippen LogP contribution in [0.4, 0.5) is 0 Å². The number of rotatable bonds is 5. The maximum absolute atomic E-state index is 6.46. The van der Waals surface area contributed by atoms with E-state index in [-0.39, 0.29) is 12.1 Å². The van der Waals surface area contributed by atoms with Gasteiger partial charge >= 0.3 is 0 Å². The zero-order valence-corrected chi connectivity index (χ0v) is 27.0. The summed E-state index contributed by atoms with van der Waals surface area (Å²) in [7, 11) is 0. The lowest BCUT2D eigenvalue weighted by atomic mass is 9.91. The van der Waals surface area contributed by atoms with Crippen LogP contribution in [0.5, 0.6) is 5.75 Å². The van der Waals surface area contributed by atoms with Crippen molar-refractivity contribution in [1.29, 1.82) is 0 Å². The Hall–Kier alpha value is -6.40. The number of benzene rings is 5. The Kier molecular flexibility index (Phi) is 6.65. The number of amidine groups is 1. The third-order valence-electron chi connectivity index (χ3n) is 9.73. The monoisotopic (exact) mass is 646 g/mol. The SMILES string of the molecule is C1=CCCC(C2=NC(c3ccc4c(c3)oc3ccc(-c5nc(-c6ccccc6)cc(-c6ccccc6)n5)cc34)=NC3c4ccccc4OC23)=C1. The van der Waals surface area contributed by atoms with Crippen molar-refractivity contribution in [2.45, 2.75) is 25.0 Å². The van der Waals surface area contributed by atoms with E-state index in [1.54, 1.807) is 0 Å². The average Bonchev–Trinajstić information content (AvgIpc) is 3.76. The van der Waals surface area contributed by atoms with Crippen LogP contribution >= 0.6 is 0 Å². The van der Waals surface area contributed by atoms with Gasteiger partial charge in [0.25, 0.3) is 0 Å². The van der Waals surface area contributed by atoms with E-state index < -0.39 is 0 Å². The maximum atomic E-state index is 6.46. The highest BCUT2D eigenvalue weighted by molar-refractivity contribution is 6.17. The summed E-state index contributed by atoms with van der Waals surface area (Å²) in [5.41, 5.74) is 10.5. The fourth-order valence-corrected chi connectivity index (χ4v) is 7.23. The van der Waals surface area contributed by atoms with E-state index in [1.165, 1.54) is 5.57 Å². The number of hydrogen-bond donors (Lipinski definition) is 0. The molecule has 1 aliphatic carbocycles. The number of allylic oxidation sites excluding steroid dienone is 3. The highest BCUT2D eigenvalue weighted by atomic mass is 16.5. The molecule has 0 N–H and O–H groups in total. The molecule has 6 heteroatoms. The number of para-hydroxylation sites is 1. The molecule has 0 fully saturated rings. The zero-order chi connectivity index (χ0) is 33.0. The molecule has 2 aromatic heterocycles. The molecule has 238 valence electrons. The number of fused-ring (bicyclic) bond motifs is 6. The number of furan rings is 1. The Labute approximate surface area is 288 Å². The second-order valence-electron chi connectivity index (χ2n) is 12.8. The first-order valence-electron chi connectivity index (χ1n) is 17.0. The molecule has 0 saturated carbocycles. The molecule has 7 aromatic rings. The number of aliphatic imine (C=N–C) groups is 2. The summed E-state index contributed by atoms with van der Waals surface area (Å²) < 4.78 is 12.9. The minimum absolute atomic E-state index is 0.151. The molecule has 3 aliphatic rings. The predicted octanol–water partition coefficient (Wildman–Crippen LogP) is 10.4. The molecule has 0 bridgehead atoms. The van der Waals surface area contributed by atoms with Gasteiger partial charge in [0.2, 0.25) is 0 Å². The molecule has 2 aliphatic heterocycles. The smallest absolute Gasteiger partial charge is 0.167 e. The number of nitrogens with zero attached hydrogens (tertiary/aromatic N) is 4. The van der Waals surface area contributed by atoms with Crippen LogP contribution in [0.3, 0.4) is 0 Å². The standard InChI is InChI=1S/C44H30N4O2/c1-4-12-27(13-5-1)35-26-36(28-14-6-2-7-15-28)46-43(45-35)30-21-23-38-34(24-30)32-22-20-31(25-39(32)49-38)44-47-40(29-16-8-3-9-17-29)42-41(48-44)33-18-10-11-19-37(33)50-42/h1-8,10-16,18-26,41-42H,9,17H2. The number of aromatic nitrogens is 2. The summed E-state index contributed by atoms with van der Waals surface area (Å²) in [5.74, 6) is 2.24. The molecule has 0 saturated heterocycles. The van der Waals surface area contributed by atoms with Crippen molar-refractivity contribution in [3.8, 4) is 39.7 Å². The van der Waals surface area contributed by atoms with Gasteiger partial charge in [-0.3, -0.25) is 4.99 Å². The molecule has 50 heavy (non-hydrogen) atoms. The van der Waals surface area contributed by atoms with E-state index in [4.69, 9.17) is 29.1 Å². The fraction of sp³-hybridized carbons (Fsp3) is 0.0909. The molecule has 2 atom stereocenters. The Balaban J connectivity index is 1.07. The number of hydrogen-bond acceptors (Lipinski definition) is 6. The first kappa shape index (κ1) is 28.6. The first-order chi connectivity index (χ1) is 24.7. The van der Waals surface area contributed by atoms with Gasteiger partial charge in [-0.2, -0.15) is 0 Å². The summed E-state index contributed by atoms with van der Waals surface area (Å²) in [6.07, 6.45) is 8.16. The van der Waals surface area contributed by atoms with Gasteiger partial charge in [-0.05, 0) is 60.9 Å². The molecule has 5 aromatic carbocycles. The topological polar surface area (TPSA) is 72.9 Å². The van der Waals surface area contributed by atoms with Crippen LogP contribution in [0.1, 0.15) is 30.0 Å². The van der Waals surface area contributed by atoms with Crippen molar-refractivity contribution < 1.29 is 9.15 Å². The van der Waals surface area contributed by atoms with Crippen molar-refractivity contribution in [1.82, 2.24) is 9.97 Å². The lowest BCUT2D eigenvalue weighted by Gasteiger charge is -2.25. The normalized spacial score (nSPS) is 17.9. The van der Waals surface area contributed by atoms with Gasteiger partial charge < -0.3 is 9.15 Å². The highest BCUT2D eigenvalue weighted by Gasteiger charge is 2.41. The lowest BCUT2D eigenvalue weighted by molar-refractivity contribution is 0.275. The summed E-state index contributed by atoms with van der Waals surface area (Å²) in [5, 5.41) is 2.02. The van der Waals surface area contributed by atoms with E-state index in [0.717, 1.165) is 85.4 Å². The molecule has 6 nitrogen and oxygen atoms in total. The fourth-order valence-electron chi connectivity index (χ4n) is 7.23. The van der Waals surface area contributed by atoms with Crippen LogP contribution in [0.15, 0.2) is 166 Å². The predicted molar refractivity (Wildman–Crippen MR) is 200 cm³/mol. The minimum atomic E-state index is -0.229. The van der Waals surface area contributed by atoms with Crippen molar-refractivity contribution in [3.05, 3.63) is 162 Å². The van der Waals surface area contributed by atoms with Crippen LogP contribution in [0.25, 0.3) is 55.8 Å². The molecular weight excluding hydrogens is 617 g/mol. The van der Waals surface area contributed by atoms with Crippen molar-refractivity contribution >= 4 is 33.5 Å². The van der Waals surface area contributed by atoms with Crippen molar-refractivity contribution in [2.24, 2.45) is 9.98 Å². The highest BCUT2D eigenvalue weighted by Crippen LogP contribution is 2.43. The zero-order valence-electron chi connectivity index (χ0n) is 27.0. The van der Waals surface area contributed by atoms with E-state index in [1.807, 2.05) is 66.7 Å². The van der Waals surface area contributed by atoms with E-state index in [2.05, 4.69) is 78.9 Å². The van der Waals surface area contributed by atoms with Gasteiger partial charge in [-0.1, -0.05) is 103 Å². The first-order valence-corrected chi connectivity index (χ1v) is 17.0. The van der Waals surface area contributed by atoms with Gasteiger partial charge in [0.15, 0.2) is 17.8 Å². The Morgan fingerprint density at radius 1 is 0.620 bits per heavy atom. The van der Waals surface area contributed by atoms with Gasteiger partial charge in [0.1, 0.15) is 23.0 Å². The van der Waals surface area contributed by atoms with Crippen LogP contribution in [0.2, 0.25) is 0 Å². The summed E-state index contributed by atoms with van der Waals surface area (Å²) in [6.45, 7) is 0. The van der Waals surface area contributed by atoms with Crippen molar-refractivity contribution in [2.75, 3.05) is 0 Å². The third-order valence-corrected chi connectivity index (χ3v) is 9.73. The molecule has 0 radical (unpaired) electrons. The second kappa shape index (κ2) is 11.6. The van der Waals surface area contributed by atoms with E-state index in [0.29, 0.717) is 11.7 Å². The molecule has 0 spiro atoms. The lowest BCUT2D eigenvalue weighted by Crippen LogP contribution is -2.34. The second-order valence-corrected chi connectivity index (χ2v) is 12.8. The molecule has 2 unspecified atom stereocenters. The summed E-state index contributed by atoms with van der Waals surface area (Å²) in [4.78, 5) is 20.4. The van der Waals surface area contributed by atoms with Gasteiger partial charge in [-0.25, -0.2) is 15.0 Å². The van der Waals surface area contributed by atoms with Gasteiger partial charge in [0, 0.05) is 38.6 Å². The molecule has 10 rings (SSSR count). The third kappa shape index (κ3) is 4.88. The van der Waals surface area contributed by atoms with Gasteiger partial charge in [-0.15, -0.1) is 0 Å². The molecule has 0 amide bonds. The van der Waals surface area contributed by atoms with Crippen LogP contribution in [0, 0.1) is 0 Å². The quantitative estimate of drug-likeness (QED) is 0.187. The van der Waals surface area contributed by atoms with Crippen LogP contribution in [-0.4, -0.2) is 27.6 Å². The Morgan fingerprint density at radius 3 is 2.12 bits per heavy atom. The van der Waals surface area contributed by atoms with Crippen molar-refractivity contribution in [3.63, 3.8) is 0 Å². The van der Waals surface area contributed by atoms with E-state index >= 15 is 0 Å². The van der Waals surface area contributed by atoms with Crippen LogP contribution in [-0.2, 0) is 0 Å². The van der Waals surface area contributed by atoms with E-state index in [9.17, 15) is 0 Å². The number of ether oxygens (including phenoxy) is 1. The average molecular weight is 647 g/mol. The largest absolute Gasteiger partial charge is 0.481 e. The molecular formula is C44H30N4O2.